The standard InChI is InChI=1S/C23H19N5O/c1-14-20-21(17(11-24)22(25)29-23(20)27-26-14)18-13-28(12-15-7-3-2-4-8-15)19-10-6-5-9-16(18)19/h2-10,13,21H,12,25H2,1H3,(H,26,27). The molecule has 3 N–H and O–H groups in total. The van der Waals surface area contributed by atoms with Crippen LogP contribution in [0.4, 0.5) is 0 Å². The van der Waals surface area contributed by atoms with E-state index in [2.05, 4.69) is 51.3 Å². The molecule has 2 aromatic carbocycles. The van der Waals surface area contributed by atoms with Gasteiger partial charge in [0, 0.05) is 34.9 Å². The fraction of sp³-hybridized carbons (Fsp3) is 0.130. The van der Waals surface area contributed by atoms with Gasteiger partial charge >= 0.3 is 0 Å². The first-order chi connectivity index (χ1) is 14.2. The van der Waals surface area contributed by atoms with Crippen molar-refractivity contribution < 1.29 is 4.74 Å². The fourth-order valence-corrected chi connectivity index (χ4v) is 4.13. The van der Waals surface area contributed by atoms with Gasteiger partial charge in [-0.1, -0.05) is 48.5 Å². The number of ether oxygens (including phenoxy) is 1. The lowest BCUT2D eigenvalue weighted by Gasteiger charge is -2.23. The lowest BCUT2D eigenvalue weighted by molar-refractivity contribution is 0.379. The zero-order valence-electron chi connectivity index (χ0n) is 15.9. The summed E-state index contributed by atoms with van der Waals surface area (Å²) in [4.78, 5) is 0. The highest BCUT2D eigenvalue weighted by atomic mass is 16.5. The van der Waals surface area contributed by atoms with Crippen LogP contribution in [0, 0.1) is 18.3 Å². The molecule has 0 spiro atoms. The largest absolute Gasteiger partial charge is 0.420 e. The van der Waals surface area contributed by atoms with E-state index in [9.17, 15) is 5.26 Å². The van der Waals surface area contributed by atoms with Crippen molar-refractivity contribution in [2.75, 3.05) is 0 Å². The molecule has 29 heavy (non-hydrogen) atoms. The van der Waals surface area contributed by atoms with Crippen LogP contribution in [0.3, 0.4) is 0 Å². The summed E-state index contributed by atoms with van der Waals surface area (Å²) in [5.74, 6) is 0.213. The Bertz CT molecular complexity index is 1290. The number of hydrogen-bond acceptors (Lipinski definition) is 4. The summed E-state index contributed by atoms with van der Waals surface area (Å²) < 4.78 is 7.83. The smallest absolute Gasteiger partial charge is 0.244 e. The molecule has 4 aromatic rings. The highest BCUT2D eigenvalue weighted by Gasteiger charge is 2.35. The maximum Gasteiger partial charge on any atom is 0.244 e. The molecule has 3 heterocycles. The van der Waals surface area contributed by atoms with Gasteiger partial charge in [-0.15, -0.1) is 5.10 Å². The van der Waals surface area contributed by atoms with Gasteiger partial charge in [-0.25, -0.2) is 0 Å². The van der Waals surface area contributed by atoms with Gasteiger partial charge in [-0.05, 0) is 24.1 Å². The molecule has 0 saturated carbocycles. The zero-order valence-corrected chi connectivity index (χ0v) is 15.9. The highest BCUT2D eigenvalue weighted by Crippen LogP contribution is 2.45. The molecule has 2 aromatic heterocycles. The van der Waals surface area contributed by atoms with Gasteiger partial charge in [0.25, 0.3) is 0 Å². The topological polar surface area (TPSA) is 92.7 Å². The Morgan fingerprint density at radius 2 is 1.93 bits per heavy atom. The van der Waals surface area contributed by atoms with Gasteiger partial charge in [0.15, 0.2) is 0 Å². The first-order valence-electron chi connectivity index (χ1n) is 9.41. The molecular weight excluding hydrogens is 362 g/mol. The number of nitrogens with one attached hydrogen (secondary N) is 1. The average Bonchev–Trinajstić information content (AvgIpc) is 3.29. The molecule has 1 aliphatic rings. The number of rotatable bonds is 3. The molecule has 6 heteroatoms. The SMILES string of the molecule is Cc1[nH]nc2c1C(c1cn(Cc3ccccc3)c3ccccc13)C(C#N)=C(N)O2. The van der Waals surface area contributed by atoms with Crippen molar-refractivity contribution in [2.45, 2.75) is 19.4 Å². The molecule has 0 amide bonds. The van der Waals surface area contributed by atoms with Crippen molar-refractivity contribution >= 4 is 10.9 Å². The Hall–Kier alpha value is -3.98. The van der Waals surface area contributed by atoms with E-state index in [4.69, 9.17) is 10.5 Å². The molecule has 142 valence electrons. The number of aryl methyl sites for hydroxylation is 1. The highest BCUT2D eigenvalue weighted by molar-refractivity contribution is 5.86. The van der Waals surface area contributed by atoms with Crippen LogP contribution in [-0.2, 0) is 6.54 Å². The van der Waals surface area contributed by atoms with Crippen LogP contribution in [0.2, 0.25) is 0 Å². The molecule has 0 saturated heterocycles. The van der Waals surface area contributed by atoms with Crippen molar-refractivity contribution in [3.63, 3.8) is 0 Å². The lowest BCUT2D eigenvalue weighted by atomic mass is 9.84. The number of nitrogens with zero attached hydrogens (tertiary/aromatic N) is 3. The number of allylic oxidation sites excluding steroid dienone is 1. The van der Waals surface area contributed by atoms with E-state index >= 15 is 0 Å². The van der Waals surface area contributed by atoms with Gasteiger partial charge < -0.3 is 15.0 Å². The van der Waals surface area contributed by atoms with Crippen LogP contribution >= 0.6 is 0 Å². The summed E-state index contributed by atoms with van der Waals surface area (Å²) in [5, 5.41) is 18.1. The van der Waals surface area contributed by atoms with Crippen LogP contribution in [0.1, 0.15) is 28.3 Å². The van der Waals surface area contributed by atoms with E-state index in [0.29, 0.717) is 11.5 Å². The third-order valence-corrected chi connectivity index (χ3v) is 5.46. The molecule has 5 rings (SSSR count). The van der Waals surface area contributed by atoms with E-state index < -0.39 is 0 Å². The van der Waals surface area contributed by atoms with Crippen LogP contribution in [0.15, 0.2) is 72.3 Å². The van der Waals surface area contributed by atoms with Gasteiger partial charge in [-0.2, -0.15) is 5.26 Å². The molecule has 6 nitrogen and oxygen atoms in total. The third-order valence-electron chi connectivity index (χ3n) is 5.46. The summed E-state index contributed by atoms with van der Waals surface area (Å²) in [7, 11) is 0. The molecule has 0 bridgehead atoms. The Morgan fingerprint density at radius 3 is 2.72 bits per heavy atom. The molecule has 0 radical (unpaired) electrons. The number of para-hydroxylation sites is 1. The molecule has 1 unspecified atom stereocenters. The van der Waals surface area contributed by atoms with Crippen molar-refractivity contribution in [1.29, 1.82) is 5.26 Å². The Labute approximate surface area is 167 Å². The molecule has 1 aliphatic heterocycles. The van der Waals surface area contributed by atoms with E-state index in [0.717, 1.165) is 34.3 Å². The fourth-order valence-electron chi connectivity index (χ4n) is 4.13. The van der Waals surface area contributed by atoms with Gasteiger partial charge in [-0.3, -0.25) is 5.10 Å². The van der Waals surface area contributed by atoms with Gasteiger partial charge in [0.2, 0.25) is 11.8 Å². The van der Waals surface area contributed by atoms with Crippen molar-refractivity contribution in [3.05, 3.63) is 94.6 Å². The first-order valence-corrected chi connectivity index (χ1v) is 9.41. The number of aromatic nitrogens is 3. The van der Waals surface area contributed by atoms with E-state index in [1.807, 2.05) is 37.3 Å². The van der Waals surface area contributed by atoms with Gasteiger partial charge in [0.05, 0.1) is 5.92 Å². The van der Waals surface area contributed by atoms with Crippen LogP contribution in [-0.4, -0.2) is 14.8 Å². The maximum absolute atomic E-state index is 9.86. The minimum Gasteiger partial charge on any atom is -0.420 e. The molecule has 1 atom stereocenters. The summed E-state index contributed by atoms with van der Waals surface area (Å²) >= 11 is 0. The second-order valence-electron chi connectivity index (χ2n) is 7.21. The number of H-pyrrole nitrogens is 1. The zero-order chi connectivity index (χ0) is 20.0. The van der Waals surface area contributed by atoms with E-state index in [-0.39, 0.29) is 11.8 Å². The monoisotopic (exact) mass is 381 g/mol. The number of hydrogen-bond donors (Lipinski definition) is 2. The summed E-state index contributed by atoms with van der Waals surface area (Å²) in [5.41, 5.74) is 11.6. The lowest BCUT2D eigenvalue weighted by Crippen LogP contribution is -2.21. The predicted octanol–water partition coefficient (Wildman–Crippen LogP) is 3.94. The number of nitrogens with two attached hydrogens (primary N) is 1. The van der Waals surface area contributed by atoms with Gasteiger partial charge in [0.1, 0.15) is 11.6 Å². The minimum atomic E-state index is -0.329. The van der Waals surface area contributed by atoms with Crippen LogP contribution in [0.25, 0.3) is 10.9 Å². The van der Waals surface area contributed by atoms with E-state index in [1.165, 1.54) is 5.56 Å². The van der Waals surface area contributed by atoms with Crippen LogP contribution < -0.4 is 10.5 Å². The first kappa shape index (κ1) is 17.1. The minimum absolute atomic E-state index is 0.108. The van der Waals surface area contributed by atoms with Crippen LogP contribution in [0.5, 0.6) is 5.88 Å². The number of aromatic amines is 1. The Balaban J connectivity index is 1.73. The maximum atomic E-state index is 9.86. The van der Waals surface area contributed by atoms with E-state index in [1.54, 1.807) is 0 Å². The third kappa shape index (κ3) is 2.67. The predicted molar refractivity (Wildman–Crippen MR) is 110 cm³/mol. The second-order valence-corrected chi connectivity index (χ2v) is 7.21. The number of nitriles is 1. The van der Waals surface area contributed by atoms with Crippen molar-refractivity contribution in [3.8, 4) is 11.9 Å². The normalized spacial score (nSPS) is 15.8. The van der Waals surface area contributed by atoms with Crippen molar-refractivity contribution in [1.82, 2.24) is 14.8 Å². The average molecular weight is 381 g/mol. The summed E-state index contributed by atoms with van der Waals surface area (Å²) in [6, 6.07) is 20.8. The van der Waals surface area contributed by atoms with Crippen molar-refractivity contribution in [2.24, 2.45) is 5.73 Å². The number of fused-ring (bicyclic) bond motifs is 2. The molecule has 0 aliphatic carbocycles. The Morgan fingerprint density at radius 1 is 1.17 bits per heavy atom. The Kier molecular flexibility index (Phi) is 3.88. The molecular formula is C23H19N5O. The number of benzene rings is 2. The summed E-state index contributed by atoms with van der Waals surface area (Å²) in [6.45, 7) is 2.67. The summed E-state index contributed by atoms with van der Waals surface area (Å²) in [6.07, 6.45) is 2.12. The quantitative estimate of drug-likeness (QED) is 0.562. The second kappa shape index (κ2) is 6.57. The molecule has 0 fully saturated rings.